The molecule has 3 N–H and O–H groups in total. The molecule has 0 aromatic carbocycles. The number of rotatable bonds is 9. The normalized spacial score (nSPS) is 10.4. The van der Waals surface area contributed by atoms with E-state index in [1.165, 1.54) is 0 Å². The molecule has 0 aliphatic carbocycles. The number of unbranched alkanes of at least 4 members (excludes halogenated alkanes) is 1. The van der Waals surface area contributed by atoms with Gasteiger partial charge in [-0.3, -0.25) is 4.79 Å². The molecule has 0 atom stereocenters. The summed E-state index contributed by atoms with van der Waals surface area (Å²) < 4.78 is 7.03. The highest BCUT2D eigenvalue weighted by Crippen LogP contribution is 1.93. The Hall–Kier alpha value is -1.40. The van der Waals surface area contributed by atoms with Crippen LogP contribution < -0.4 is 11.1 Å². The number of ether oxygens (including phenoxy) is 1. The second-order valence-electron chi connectivity index (χ2n) is 3.70. The van der Waals surface area contributed by atoms with Crippen LogP contribution in [-0.2, 0) is 16.1 Å². The summed E-state index contributed by atoms with van der Waals surface area (Å²) in [5.41, 5.74) is 5.24. The van der Waals surface area contributed by atoms with Crippen LogP contribution in [0.15, 0.2) is 18.7 Å². The van der Waals surface area contributed by atoms with Crippen molar-refractivity contribution >= 4 is 5.91 Å². The summed E-state index contributed by atoms with van der Waals surface area (Å²) in [5.74, 6) is -0.0823. The van der Waals surface area contributed by atoms with Crippen LogP contribution in [0.5, 0.6) is 0 Å². The van der Waals surface area contributed by atoms with Crippen LogP contribution in [0.1, 0.15) is 12.8 Å². The van der Waals surface area contributed by atoms with E-state index >= 15 is 0 Å². The van der Waals surface area contributed by atoms with Gasteiger partial charge >= 0.3 is 0 Å². The molecule has 0 aliphatic rings. The summed E-state index contributed by atoms with van der Waals surface area (Å²) in [7, 11) is 0. The number of nitrogens with one attached hydrogen (secondary N) is 1. The van der Waals surface area contributed by atoms with Gasteiger partial charge in [-0.25, -0.2) is 4.98 Å². The molecule has 0 bridgehead atoms. The summed E-state index contributed by atoms with van der Waals surface area (Å²) in [6.07, 6.45) is 7.44. The molecule has 0 saturated heterocycles. The van der Waals surface area contributed by atoms with Crippen molar-refractivity contribution in [2.24, 2.45) is 5.73 Å². The number of carbonyl (C=O) groups excluding carboxylic acids is 1. The summed E-state index contributed by atoms with van der Waals surface area (Å²) in [5, 5.41) is 2.79. The van der Waals surface area contributed by atoms with Crippen molar-refractivity contribution in [3.05, 3.63) is 18.7 Å². The zero-order valence-electron chi connectivity index (χ0n) is 9.97. The van der Waals surface area contributed by atoms with Crippen LogP contribution in [0.25, 0.3) is 0 Å². The largest absolute Gasteiger partial charge is 0.370 e. The SMILES string of the molecule is NCCOCC(=O)NCCCCn1ccnc1. The fourth-order valence-corrected chi connectivity index (χ4v) is 1.37. The first-order valence-electron chi connectivity index (χ1n) is 5.83. The van der Waals surface area contributed by atoms with Crippen LogP contribution in [-0.4, -0.2) is 41.8 Å². The number of hydrogen-bond donors (Lipinski definition) is 2. The van der Waals surface area contributed by atoms with Gasteiger partial charge in [0.15, 0.2) is 0 Å². The van der Waals surface area contributed by atoms with Gasteiger partial charge in [0.2, 0.25) is 5.91 Å². The van der Waals surface area contributed by atoms with Crippen molar-refractivity contribution in [3.8, 4) is 0 Å². The van der Waals surface area contributed by atoms with Gasteiger partial charge in [-0.15, -0.1) is 0 Å². The van der Waals surface area contributed by atoms with Crippen molar-refractivity contribution < 1.29 is 9.53 Å². The van der Waals surface area contributed by atoms with Gasteiger partial charge in [0.05, 0.1) is 12.9 Å². The smallest absolute Gasteiger partial charge is 0.245 e. The van der Waals surface area contributed by atoms with Gasteiger partial charge in [0.1, 0.15) is 6.61 Å². The standard InChI is InChI=1S/C11H20N4O2/c12-3-8-17-9-11(16)14-4-1-2-6-15-7-5-13-10-15/h5,7,10H,1-4,6,8-9,12H2,(H,14,16). The van der Waals surface area contributed by atoms with E-state index in [-0.39, 0.29) is 12.5 Å². The Kier molecular flexibility index (Phi) is 7.01. The maximum Gasteiger partial charge on any atom is 0.245 e. The Balaban J connectivity index is 1.91. The number of aromatic nitrogens is 2. The molecular formula is C11H20N4O2. The minimum absolute atomic E-state index is 0.0823. The lowest BCUT2D eigenvalue weighted by Crippen LogP contribution is -2.29. The predicted molar refractivity (Wildman–Crippen MR) is 64.3 cm³/mol. The molecule has 6 heteroatoms. The molecule has 0 aliphatic heterocycles. The highest BCUT2D eigenvalue weighted by molar-refractivity contribution is 5.77. The lowest BCUT2D eigenvalue weighted by molar-refractivity contribution is -0.125. The number of nitrogens with two attached hydrogens (primary N) is 1. The van der Waals surface area contributed by atoms with Gasteiger partial charge in [0.25, 0.3) is 0 Å². The molecule has 1 heterocycles. The molecule has 96 valence electrons. The third-order valence-corrected chi connectivity index (χ3v) is 2.22. The first kappa shape index (κ1) is 13.7. The minimum atomic E-state index is -0.0823. The Labute approximate surface area is 101 Å². The molecule has 0 fully saturated rings. The van der Waals surface area contributed by atoms with Gasteiger partial charge in [-0.2, -0.15) is 0 Å². The number of nitrogens with zero attached hydrogens (tertiary/aromatic N) is 2. The first-order chi connectivity index (χ1) is 8.33. The first-order valence-corrected chi connectivity index (χ1v) is 5.83. The summed E-state index contributed by atoms with van der Waals surface area (Å²) in [6, 6.07) is 0. The predicted octanol–water partition coefficient (Wildman–Crippen LogP) is -0.245. The van der Waals surface area contributed by atoms with E-state index in [1.54, 1.807) is 12.5 Å². The Morgan fingerprint density at radius 3 is 3.06 bits per heavy atom. The zero-order chi connectivity index (χ0) is 12.3. The van der Waals surface area contributed by atoms with E-state index in [1.807, 2.05) is 10.8 Å². The number of imidazole rings is 1. The van der Waals surface area contributed by atoms with Crippen LogP contribution >= 0.6 is 0 Å². The quantitative estimate of drug-likeness (QED) is 0.583. The zero-order valence-corrected chi connectivity index (χ0v) is 9.97. The monoisotopic (exact) mass is 240 g/mol. The molecular weight excluding hydrogens is 220 g/mol. The van der Waals surface area contributed by atoms with Gasteiger partial charge < -0.3 is 20.4 Å². The lowest BCUT2D eigenvalue weighted by Gasteiger charge is -2.06. The third kappa shape index (κ3) is 6.70. The Bertz CT molecular complexity index is 300. The Morgan fingerprint density at radius 1 is 1.47 bits per heavy atom. The summed E-state index contributed by atoms with van der Waals surface area (Å²) in [4.78, 5) is 15.2. The number of amides is 1. The second kappa shape index (κ2) is 8.72. The number of aryl methyl sites for hydroxylation is 1. The van der Waals surface area contributed by atoms with Gasteiger partial charge in [-0.1, -0.05) is 0 Å². The topological polar surface area (TPSA) is 82.2 Å². The highest BCUT2D eigenvalue weighted by atomic mass is 16.5. The van der Waals surface area contributed by atoms with Crippen molar-refractivity contribution in [3.63, 3.8) is 0 Å². The number of hydrogen-bond acceptors (Lipinski definition) is 4. The summed E-state index contributed by atoms with van der Waals surface area (Å²) in [6.45, 7) is 2.57. The molecule has 1 amide bonds. The van der Waals surface area contributed by atoms with Crippen molar-refractivity contribution in [1.82, 2.24) is 14.9 Å². The van der Waals surface area contributed by atoms with Crippen molar-refractivity contribution in [2.45, 2.75) is 19.4 Å². The number of carbonyl (C=O) groups is 1. The fourth-order valence-electron chi connectivity index (χ4n) is 1.37. The molecule has 1 rings (SSSR count). The van der Waals surface area contributed by atoms with E-state index in [0.29, 0.717) is 19.7 Å². The molecule has 0 saturated carbocycles. The van der Waals surface area contributed by atoms with E-state index in [4.69, 9.17) is 10.5 Å². The fraction of sp³-hybridized carbons (Fsp3) is 0.636. The van der Waals surface area contributed by atoms with Crippen LogP contribution in [0.2, 0.25) is 0 Å². The average molecular weight is 240 g/mol. The maximum atomic E-state index is 11.2. The highest BCUT2D eigenvalue weighted by Gasteiger charge is 1.99. The van der Waals surface area contributed by atoms with Crippen molar-refractivity contribution in [2.75, 3.05) is 26.3 Å². The lowest BCUT2D eigenvalue weighted by atomic mass is 10.3. The molecule has 0 unspecified atom stereocenters. The average Bonchev–Trinajstić information content (AvgIpc) is 2.82. The van der Waals surface area contributed by atoms with Crippen LogP contribution in [0, 0.1) is 0 Å². The second-order valence-corrected chi connectivity index (χ2v) is 3.70. The minimum Gasteiger partial charge on any atom is -0.370 e. The van der Waals surface area contributed by atoms with E-state index in [9.17, 15) is 4.79 Å². The van der Waals surface area contributed by atoms with E-state index in [0.717, 1.165) is 19.4 Å². The molecule has 0 spiro atoms. The van der Waals surface area contributed by atoms with Gasteiger partial charge in [0, 0.05) is 32.0 Å². The maximum absolute atomic E-state index is 11.2. The third-order valence-electron chi connectivity index (χ3n) is 2.22. The Morgan fingerprint density at radius 2 is 2.35 bits per heavy atom. The van der Waals surface area contributed by atoms with Crippen LogP contribution in [0.3, 0.4) is 0 Å². The molecule has 0 radical (unpaired) electrons. The van der Waals surface area contributed by atoms with Crippen LogP contribution in [0.4, 0.5) is 0 Å². The van der Waals surface area contributed by atoms with E-state index < -0.39 is 0 Å². The molecule has 6 nitrogen and oxygen atoms in total. The summed E-state index contributed by atoms with van der Waals surface area (Å²) >= 11 is 0. The molecule has 17 heavy (non-hydrogen) atoms. The van der Waals surface area contributed by atoms with Crippen molar-refractivity contribution in [1.29, 1.82) is 0 Å². The van der Waals surface area contributed by atoms with E-state index in [2.05, 4.69) is 10.3 Å². The molecule has 1 aromatic heterocycles. The molecule has 1 aromatic rings. The van der Waals surface area contributed by atoms with Gasteiger partial charge in [-0.05, 0) is 12.8 Å².